The summed E-state index contributed by atoms with van der Waals surface area (Å²) in [4.78, 5) is 29.4. The summed E-state index contributed by atoms with van der Waals surface area (Å²) in [6.45, 7) is 10.3. The second-order valence-electron chi connectivity index (χ2n) is 12.5. The zero-order valence-electron chi connectivity index (χ0n) is 28.8. The molecule has 45 heavy (non-hydrogen) atoms. The van der Waals surface area contributed by atoms with Crippen LogP contribution in [-0.2, 0) is 6.42 Å². The van der Waals surface area contributed by atoms with Gasteiger partial charge in [-0.05, 0) is 121 Å². The highest BCUT2D eigenvalue weighted by atomic mass is 16.2. The number of unbranched alkanes of at least 4 members (excludes halogenated alkanes) is 8. The van der Waals surface area contributed by atoms with Gasteiger partial charge in [-0.25, -0.2) is 9.59 Å². The van der Waals surface area contributed by atoms with Crippen molar-refractivity contribution in [1.29, 1.82) is 0 Å². The number of carbonyl (C=O) groups excluding carboxylic acids is 2. The van der Waals surface area contributed by atoms with Gasteiger partial charge in [0.2, 0.25) is 0 Å². The van der Waals surface area contributed by atoms with Crippen molar-refractivity contribution in [3.05, 3.63) is 59.7 Å². The maximum Gasteiger partial charge on any atom is 0.319 e. The first-order chi connectivity index (χ1) is 21.9. The molecule has 2 aromatic rings. The summed E-state index contributed by atoms with van der Waals surface area (Å²) in [5, 5.41) is 11.8. The first kappa shape index (κ1) is 38.1. The normalized spacial score (nSPS) is 11.2. The average Bonchev–Trinajstić information content (AvgIpc) is 3.03. The van der Waals surface area contributed by atoms with Crippen LogP contribution in [0.3, 0.4) is 0 Å². The van der Waals surface area contributed by atoms with Crippen LogP contribution < -0.4 is 21.3 Å². The maximum absolute atomic E-state index is 12.3. The molecule has 0 saturated heterocycles. The predicted octanol–water partition coefficient (Wildman–Crippen LogP) is 8.11. The Balaban J connectivity index is 1.58. The van der Waals surface area contributed by atoms with E-state index >= 15 is 0 Å². The van der Waals surface area contributed by atoms with E-state index in [1.807, 2.05) is 48.5 Å². The van der Waals surface area contributed by atoms with Crippen LogP contribution in [0.2, 0.25) is 0 Å². The number of hydrogen-bond acceptors (Lipinski definition) is 4. The van der Waals surface area contributed by atoms with Crippen LogP contribution in [0.1, 0.15) is 102 Å². The van der Waals surface area contributed by atoms with E-state index in [0.29, 0.717) is 13.1 Å². The molecule has 0 heterocycles. The van der Waals surface area contributed by atoms with Gasteiger partial charge >= 0.3 is 12.1 Å². The van der Waals surface area contributed by atoms with Crippen molar-refractivity contribution in [3.63, 3.8) is 0 Å². The third-order valence-corrected chi connectivity index (χ3v) is 8.12. The fraction of sp³-hybridized carbons (Fsp3) is 0.622. The summed E-state index contributed by atoms with van der Waals surface area (Å²) < 4.78 is 0. The lowest BCUT2D eigenvalue weighted by Gasteiger charge is -2.16. The first-order valence-electron chi connectivity index (χ1n) is 17.5. The minimum absolute atomic E-state index is 0.163. The second kappa shape index (κ2) is 24.2. The average molecular weight is 623 g/mol. The van der Waals surface area contributed by atoms with Gasteiger partial charge in [0.05, 0.1) is 0 Å². The van der Waals surface area contributed by atoms with Gasteiger partial charge in [0.1, 0.15) is 0 Å². The molecule has 4 amide bonds. The Morgan fingerprint density at radius 2 is 0.867 bits per heavy atom. The minimum Gasteiger partial charge on any atom is -0.338 e. The standard InChI is InChI=1S/C37H62N6O2/c1-5-7-9-13-27-42(3)29-15-11-25-38-36(44)40-34-21-17-32(18-22-34)31-33-19-23-35(24-20-33)41-37(45)39-26-12-16-30-43(4)28-14-10-8-6-2/h17-24H,5-16,25-31H2,1-4H3,(H2,38,40,44)(H2,39,41,45). The van der Waals surface area contributed by atoms with Crippen LogP contribution in [-0.4, -0.2) is 75.2 Å². The molecule has 0 bridgehead atoms. The van der Waals surface area contributed by atoms with E-state index in [2.05, 4.69) is 59.0 Å². The summed E-state index contributed by atoms with van der Waals surface area (Å²) in [5.74, 6) is 0. The van der Waals surface area contributed by atoms with Crippen molar-refractivity contribution in [2.75, 3.05) is 64.0 Å². The van der Waals surface area contributed by atoms with E-state index in [0.717, 1.165) is 80.8 Å². The Bertz CT molecular complexity index is 960. The Morgan fingerprint density at radius 3 is 1.22 bits per heavy atom. The Kier molecular flexibility index (Phi) is 20.5. The molecule has 8 heteroatoms. The highest BCUT2D eigenvalue weighted by Gasteiger charge is 2.05. The zero-order chi connectivity index (χ0) is 32.5. The summed E-state index contributed by atoms with van der Waals surface area (Å²) in [7, 11) is 4.37. The Hall–Kier alpha value is -3.10. The fourth-order valence-corrected chi connectivity index (χ4v) is 5.26. The predicted molar refractivity (Wildman–Crippen MR) is 191 cm³/mol. The number of carbonyl (C=O) groups is 2. The van der Waals surface area contributed by atoms with Crippen molar-refractivity contribution in [3.8, 4) is 0 Å². The third-order valence-electron chi connectivity index (χ3n) is 8.12. The number of anilines is 2. The van der Waals surface area contributed by atoms with Crippen molar-refractivity contribution < 1.29 is 9.59 Å². The van der Waals surface area contributed by atoms with Gasteiger partial charge in [-0.1, -0.05) is 76.6 Å². The molecule has 0 aliphatic heterocycles. The van der Waals surface area contributed by atoms with Gasteiger partial charge in [-0.15, -0.1) is 0 Å². The van der Waals surface area contributed by atoms with Crippen LogP contribution in [0.5, 0.6) is 0 Å². The molecule has 0 unspecified atom stereocenters. The highest BCUT2D eigenvalue weighted by molar-refractivity contribution is 5.89. The Morgan fingerprint density at radius 1 is 0.511 bits per heavy atom. The molecule has 2 aromatic carbocycles. The summed E-state index contributed by atoms with van der Waals surface area (Å²) in [6, 6.07) is 15.6. The molecule has 0 spiro atoms. The topological polar surface area (TPSA) is 88.7 Å². The SMILES string of the molecule is CCCCCCN(C)CCCCNC(=O)Nc1ccc(Cc2ccc(NC(=O)NCCCCN(C)CCCCCC)cc2)cc1. The Labute approximate surface area is 274 Å². The van der Waals surface area contributed by atoms with E-state index in [4.69, 9.17) is 0 Å². The molecular formula is C37H62N6O2. The molecular weight excluding hydrogens is 560 g/mol. The zero-order valence-corrected chi connectivity index (χ0v) is 28.8. The molecule has 0 aliphatic carbocycles. The minimum atomic E-state index is -0.163. The summed E-state index contributed by atoms with van der Waals surface area (Å²) in [6.07, 6.45) is 15.3. The second-order valence-corrected chi connectivity index (χ2v) is 12.5. The molecule has 8 nitrogen and oxygen atoms in total. The van der Waals surface area contributed by atoms with E-state index in [1.54, 1.807) is 0 Å². The molecule has 0 fully saturated rings. The summed E-state index contributed by atoms with van der Waals surface area (Å²) in [5.41, 5.74) is 3.88. The lowest BCUT2D eigenvalue weighted by Crippen LogP contribution is -2.30. The highest BCUT2D eigenvalue weighted by Crippen LogP contribution is 2.16. The largest absolute Gasteiger partial charge is 0.338 e. The van der Waals surface area contributed by atoms with Gasteiger partial charge in [0, 0.05) is 24.5 Å². The number of amides is 4. The maximum atomic E-state index is 12.3. The van der Waals surface area contributed by atoms with Crippen LogP contribution in [0.15, 0.2) is 48.5 Å². The van der Waals surface area contributed by atoms with Crippen molar-refractivity contribution in [2.24, 2.45) is 0 Å². The molecule has 0 saturated carbocycles. The van der Waals surface area contributed by atoms with Gasteiger partial charge in [-0.3, -0.25) is 0 Å². The summed E-state index contributed by atoms with van der Waals surface area (Å²) >= 11 is 0. The molecule has 0 aliphatic rings. The lowest BCUT2D eigenvalue weighted by molar-refractivity contribution is 0.250. The smallest absolute Gasteiger partial charge is 0.319 e. The van der Waals surface area contributed by atoms with Crippen molar-refractivity contribution in [2.45, 2.75) is 97.3 Å². The van der Waals surface area contributed by atoms with E-state index < -0.39 is 0 Å². The van der Waals surface area contributed by atoms with E-state index in [1.165, 1.54) is 51.4 Å². The van der Waals surface area contributed by atoms with Gasteiger partial charge in [-0.2, -0.15) is 0 Å². The molecule has 2 rings (SSSR count). The quantitative estimate of drug-likeness (QED) is 0.0891. The number of nitrogens with one attached hydrogen (secondary N) is 4. The van der Waals surface area contributed by atoms with Crippen molar-refractivity contribution in [1.82, 2.24) is 20.4 Å². The van der Waals surface area contributed by atoms with E-state index in [9.17, 15) is 9.59 Å². The third kappa shape index (κ3) is 19.1. The number of hydrogen-bond donors (Lipinski definition) is 4. The first-order valence-corrected chi connectivity index (χ1v) is 17.5. The molecule has 4 N–H and O–H groups in total. The van der Waals surface area contributed by atoms with Crippen LogP contribution >= 0.6 is 0 Å². The van der Waals surface area contributed by atoms with Crippen LogP contribution in [0.25, 0.3) is 0 Å². The van der Waals surface area contributed by atoms with E-state index in [-0.39, 0.29) is 12.1 Å². The number of rotatable bonds is 24. The fourth-order valence-electron chi connectivity index (χ4n) is 5.26. The lowest BCUT2D eigenvalue weighted by atomic mass is 10.0. The monoisotopic (exact) mass is 622 g/mol. The molecule has 0 aromatic heterocycles. The number of nitrogens with zero attached hydrogens (tertiary/aromatic N) is 2. The van der Waals surface area contributed by atoms with Crippen molar-refractivity contribution >= 4 is 23.4 Å². The molecule has 0 atom stereocenters. The number of urea groups is 2. The van der Waals surface area contributed by atoms with Crippen LogP contribution in [0, 0.1) is 0 Å². The van der Waals surface area contributed by atoms with Gasteiger partial charge in [0.15, 0.2) is 0 Å². The van der Waals surface area contributed by atoms with Gasteiger partial charge in [0.25, 0.3) is 0 Å². The molecule has 0 radical (unpaired) electrons. The number of benzene rings is 2. The molecule has 252 valence electrons. The van der Waals surface area contributed by atoms with Gasteiger partial charge < -0.3 is 31.1 Å². The van der Waals surface area contributed by atoms with Crippen LogP contribution in [0.4, 0.5) is 21.0 Å².